The molecule has 2 aromatic rings. The number of carbonyl (C=O) groups is 1. The normalized spacial score (nSPS) is 24.2. The Morgan fingerprint density at radius 2 is 2.00 bits per heavy atom. The van der Waals surface area contributed by atoms with E-state index in [0.717, 1.165) is 35.9 Å². The second kappa shape index (κ2) is 7.85. The molecule has 0 radical (unpaired) electrons. The van der Waals surface area contributed by atoms with Gasteiger partial charge in [0, 0.05) is 17.5 Å². The molecule has 1 aromatic carbocycles. The number of nitrogens with zero attached hydrogens (tertiary/aromatic N) is 1. The molecule has 4 rings (SSSR count). The third-order valence-electron chi connectivity index (χ3n) is 5.60. The van der Waals surface area contributed by atoms with Gasteiger partial charge < -0.3 is 9.73 Å². The van der Waals surface area contributed by atoms with Gasteiger partial charge in [-0.25, -0.2) is 0 Å². The first kappa shape index (κ1) is 17.6. The van der Waals surface area contributed by atoms with E-state index in [-0.39, 0.29) is 23.8 Å². The summed E-state index contributed by atoms with van der Waals surface area (Å²) in [6.45, 7) is 2.72. The quantitative estimate of drug-likeness (QED) is 0.818. The highest BCUT2D eigenvalue weighted by molar-refractivity contribution is 6.31. The maximum Gasteiger partial charge on any atom is 0.223 e. The summed E-state index contributed by atoms with van der Waals surface area (Å²) in [7, 11) is 0. The molecular formula is C21H25ClN2O2. The number of hydrogen-bond acceptors (Lipinski definition) is 3. The number of amides is 1. The second-order valence-electron chi connectivity index (χ2n) is 7.34. The highest BCUT2D eigenvalue weighted by Gasteiger charge is 2.44. The summed E-state index contributed by atoms with van der Waals surface area (Å²) in [6, 6.07) is 11.9. The third kappa shape index (κ3) is 3.81. The molecule has 0 bridgehead atoms. The Labute approximate surface area is 159 Å². The van der Waals surface area contributed by atoms with Crippen molar-refractivity contribution < 1.29 is 9.21 Å². The largest absolute Gasteiger partial charge is 0.468 e. The van der Waals surface area contributed by atoms with Gasteiger partial charge in [-0.2, -0.15) is 0 Å². The first-order valence-corrected chi connectivity index (χ1v) is 9.91. The minimum Gasteiger partial charge on any atom is -0.468 e. The average molecular weight is 373 g/mol. The third-order valence-corrected chi connectivity index (χ3v) is 5.95. The molecule has 2 heterocycles. The van der Waals surface area contributed by atoms with Crippen LogP contribution in [0.15, 0.2) is 47.1 Å². The lowest BCUT2D eigenvalue weighted by Gasteiger charge is -2.33. The van der Waals surface area contributed by atoms with Crippen molar-refractivity contribution in [3.8, 4) is 0 Å². The number of likely N-dealkylation sites (tertiary alicyclic amines) is 1. The number of halogens is 1. The van der Waals surface area contributed by atoms with E-state index < -0.39 is 0 Å². The SMILES string of the molecule is O=C(NCC(c1ccco1)N1CCCCC1)C1CC1c1ccccc1Cl. The number of nitrogens with one attached hydrogen (secondary N) is 1. The van der Waals surface area contributed by atoms with Crippen LogP contribution in [0.3, 0.4) is 0 Å². The van der Waals surface area contributed by atoms with Gasteiger partial charge in [0.05, 0.1) is 12.3 Å². The van der Waals surface area contributed by atoms with Gasteiger partial charge in [0.1, 0.15) is 5.76 Å². The molecule has 3 atom stereocenters. The lowest BCUT2D eigenvalue weighted by Crippen LogP contribution is -2.41. The molecule has 1 amide bonds. The zero-order chi connectivity index (χ0) is 17.9. The first-order chi connectivity index (χ1) is 12.7. The molecule has 1 aliphatic heterocycles. The van der Waals surface area contributed by atoms with Crippen molar-refractivity contribution in [3.05, 3.63) is 59.0 Å². The van der Waals surface area contributed by atoms with Crippen molar-refractivity contribution in [1.82, 2.24) is 10.2 Å². The van der Waals surface area contributed by atoms with E-state index in [9.17, 15) is 4.79 Å². The fourth-order valence-electron chi connectivity index (χ4n) is 4.05. The molecule has 1 saturated heterocycles. The average Bonchev–Trinajstić information content (AvgIpc) is 3.28. The Hall–Kier alpha value is -1.78. The van der Waals surface area contributed by atoms with E-state index in [0.29, 0.717) is 6.54 Å². The minimum atomic E-state index is 0.0357. The van der Waals surface area contributed by atoms with Gasteiger partial charge in [-0.3, -0.25) is 9.69 Å². The molecular weight excluding hydrogens is 348 g/mol. The van der Waals surface area contributed by atoms with Gasteiger partial charge >= 0.3 is 0 Å². The predicted molar refractivity (Wildman–Crippen MR) is 102 cm³/mol. The molecule has 5 heteroatoms. The minimum absolute atomic E-state index is 0.0357. The number of hydrogen-bond donors (Lipinski definition) is 1. The van der Waals surface area contributed by atoms with Gasteiger partial charge in [-0.1, -0.05) is 36.2 Å². The molecule has 26 heavy (non-hydrogen) atoms. The maximum absolute atomic E-state index is 12.7. The zero-order valence-electron chi connectivity index (χ0n) is 14.9. The van der Waals surface area contributed by atoms with Gasteiger partial charge in [0.15, 0.2) is 0 Å². The Morgan fingerprint density at radius 3 is 2.73 bits per heavy atom. The van der Waals surface area contributed by atoms with Crippen LogP contribution in [0.2, 0.25) is 5.02 Å². The van der Waals surface area contributed by atoms with Crippen LogP contribution in [0.5, 0.6) is 0 Å². The zero-order valence-corrected chi connectivity index (χ0v) is 15.6. The number of carbonyl (C=O) groups excluding carboxylic acids is 1. The lowest BCUT2D eigenvalue weighted by atomic mass is 10.1. The number of piperidine rings is 1. The van der Waals surface area contributed by atoms with Crippen molar-refractivity contribution in [2.45, 2.75) is 37.6 Å². The van der Waals surface area contributed by atoms with Gasteiger partial charge in [0.25, 0.3) is 0 Å². The van der Waals surface area contributed by atoms with Crippen molar-refractivity contribution in [2.75, 3.05) is 19.6 Å². The summed E-state index contributed by atoms with van der Waals surface area (Å²) in [4.78, 5) is 15.1. The fourth-order valence-corrected chi connectivity index (χ4v) is 4.33. The van der Waals surface area contributed by atoms with Crippen LogP contribution in [-0.2, 0) is 4.79 Å². The highest BCUT2D eigenvalue weighted by Crippen LogP contribution is 2.49. The standard InChI is InChI=1S/C21H25ClN2O2/c22-18-8-3-2-7-15(18)16-13-17(16)21(25)23-14-19(20-9-6-12-26-20)24-10-4-1-5-11-24/h2-3,6-9,12,16-17,19H,1,4-5,10-11,13-14H2,(H,23,25). The molecule has 1 saturated carbocycles. The van der Waals surface area contributed by atoms with Crippen LogP contribution in [-0.4, -0.2) is 30.4 Å². The van der Waals surface area contributed by atoms with Crippen LogP contribution in [0.4, 0.5) is 0 Å². The Balaban J connectivity index is 1.37. The number of furan rings is 1. The monoisotopic (exact) mass is 372 g/mol. The lowest BCUT2D eigenvalue weighted by molar-refractivity contribution is -0.122. The van der Waals surface area contributed by atoms with Crippen LogP contribution in [0.1, 0.15) is 49.0 Å². The summed E-state index contributed by atoms with van der Waals surface area (Å²) in [5, 5.41) is 3.92. The Morgan fingerprint density at radius 1 is 1.19 bits per heavy atom. The van der Waals surface area contributed by atoms with Crippen molar-refractivity contribution in [2.24, 2.45) is 5.92 Å². The molecule has 1 aliphatic carbocycles. The smallest absolute Gasteiger partial charge is 0.223 e. The number of rotatable bonds is 6. The summed E-state index contributed by atoms with van der Waals surface area (Å²) < 4.78 is 5.65. The summed E-state index contributed by atoms with van der Waals surface area (Å²) in [5.41, 5.74) is 1.09. The molecule has 1 aromatic heterocycles. The highest BCUT2D eigenvalue weighted by atomic mass is 35.5. The molecule has 0 spiro atoms. The van der Waals surface area contributed by atoms with Crippen molar-refractivity contribution in [1.29, 1.82) is 0 Å². The molecule has 2 aliphatic rings. The van der Waals surface area contributed by atoms with Crippen LogP contribution >= 0.6 is 11.6 Å². The van der Waals surface area contributed by atoms with Gasteiger partial charge in [0.2, 0.25) is 5.91 Å². The summed E-state index contributed by atoms with van der Waals surface area (Å²) in [6.07, 6.45) is 6.30. The van der Waals surface area contributed by atoms with E-state index in [1.807, 2.05) is 36.4 Å². The molecule has 1 N–H and O–H groups in total. The number of benzene rings is 1. The van der Waals surface area contributed by atoms with E-state index in [1.54, 1.807) is 6.26 Å². The molecule has 138 valence electrons. The Bertz CT molecular complexity index is 740. The first-order valence-electron chi connectivity index (χ1n) is 9.53. The van der Waals surface area contributed by atoms with Gasteiger partial charge in [-0.15, -0.1) is 0 Å². The van der Waals surface area contributed by atoms with E-state index >= 15 is 0 Å². The van der Waals surface area contributed by atoms with E-state index in [4.69, 9.17) is 16.0 Å². The summed E-state index contributed by atoms with van der Waals surface area (Å²) in [5.74, 6) is 1.35. The fraction of sp³-hybridized carbons (Fsp3) is 0.476. The van der Waals surface area contributed by atoms with E-state index in [2.05, 4.69) is 10.2 Å². The molecule has 4 nitrogen and oxygen atoms in total. The van der Waals surface area contributed by atoms with Crippen molar-refractivity contribution in [3.63, 3.8) is 0 Å². The second-order valence-corrected chi connectivity index (χ2v) is 7.75. The maximum atomic E-state index is 12.7. The summed E-state index contributed by atoms with van der Waals surface area (Å²) >= 11 is 6.28. The van der Waals surface area contributed by atoms with Crippen LogP contribution in [0, 0.1) is 5.92 Å². The molecule has 2 fully saturated rings. The van der Waals surface area contributed by atoms with Crippen molar-refractivity contribution >= 4 is 17.5 Å². The van der Waals surface area contributed by atoms with Crippen LogP contribution in [0.25, 0.3) is 0 Å². The van der Waals surface area contributed by atoms with Gasteiger partial charge in [-0.05, 0) is 62.0 Å². The van der Waals surface area contributed by atoms with Crippen LogP contribution < -0.4 is 5.32 Å². The molecule has 3 unspecified atom stereocenters. The van der Waals surface area contributed by atoms with E-state index in [1.165, 1.54) is 19.3 Å². The predicted octanol–water partition coefficient (Wildman–Crippen LogP) is 4.38. The Kier molecular flexibility index (Phi) is 5.32. The topological polar surface area (TPSA) is 45.5 Å².